The molecule has 28 heavy (non-hydrogen) atoms. The summed E-state index contributed by atoms with van der Waals surface area (Å²) in [6.07, 6.45) is 3.40. The molecule has 146 valence electrons. The Bertz CT molecular complexity index is 935. The van der Waals surface area contributed by atoms with Crippen LogP contribution in [0.2, 0.25) is 0 Å². The largest absolute Gasteiger partial charge is 0.446 e. The predicted molar refractivity (Wildman–Crippen MR) is 112 cm³/mol. The highest BCUT2D eigenvalue weighted by Crippen LogP contribution is 2.28. The van der Waals surface area contributed by atoms with Crippen molar-refractivity contribution in [3.8, 4) is 11.6 Å². The van der Waals surface area contributed by atoms with Crippen molar-refractivity contribution >= 4 is 33.6 Å². The molecule has 3 aromatic rings. The fourth-order valence-electron chi connectivity index (χ4n) is 3.28. The first-order chi connectivity index (χ1) is 13.7. The van der Waals surface area contributed by atoms with Gasteiger partial charge in [0.2, 0.25) is 11.7 Å². The number of rotatable bonds is 6. The van der Waals surface area contributed by atoms with E-state index in [2.05, 4.69) is 38.3 Å². The van der Waals surface area contributed by atoms with E-state index in [4.69, 9.17) is 4.42 Å². The fraction of sp³-hybridized carbons (Fsp3) is 0.350. The summed E-state index contributed by atoms with van der Waals surface area (Å²) in [5, 5.41) is 9.40. The maximum atomic E-state index is 12.5. The lowest BCUT2D eigenvalue weighted by molar-refractivity contribution is -0.129. The first kappa shape index (κ1) is 19.3. The molecule has 0 N–H and O–H groups in total. The Morgan fingerprint density at radius 3 is 2.57 bits per heavy atom. The Balaban J connectivity index is 1.55. The molecular formula is C20H21BrN4O2S. The minimum absolute atomic E-state index is 0.168. The normalized spacial score (nSPS) is 14.4. The van der Waals surface area contributed by atoms with Crippen LogP contribution in [0.5, 0.6) is 0 Å². The molecular weight excluding hydrogens is 440 g/mol. The van der Waals surface area contributed by atoms with Crippen LogP contribution < -0.4 is 0 Å². The first-order valence-electron chi connectivity index (χ1n) is 9.34. The molecule has 0 radical (unpaired) electrons. The average Bonchev–Trinajstić information content (AvgIpc) is 3.33. The van der Waals surface area contributed by atoms with Gasteiger partial charge in [-0.2, -0.15) is 0 Å². The van der Waals surface area contributed by atoms with Crippen molar-refractivity contribution in [3.63, 3.8) is 0 Å². The molecule has 4 rings (SSSR count). The average molecular weight is 461 g/mol. The molecule has 0 aliphatic carbocycles. The Labute approximate surface area is 176 Å². The van der Waals surface area contributed by atoms with Gasteiger partial charge in [0.25, 0.3) is 0 Å². The SMILES string of the molecule is O=C(CSc1nnc(-c2ccc(Br)o2)n1Cc1ccccc1)N1CCCCC1. The number of hydrogen-bond acceptors (Lipinski definition) is 5. The van der Waals surface area contributed by atoms with Crippen LogP contribution >= 0.6 is 27.7 Å². The monoisotopic (exact) mass is 460 g/mol. The molecule has 1 aliphatic heterocycles. The van der Waals surface area contributed by atoms with Gasteiger partial charge in [-0.3, -0.25) is 9.36 Å². The molecule has 3 heterocycles. The molecule has 8 heteroatoms. The number of furan rings is 1. The lowest BCUT2D eigenvalue weighted by Gasteiger charge is -2.26. The summed E-state index contributed by atoms with van der Waals surface area (Å²) in [6, 6.07) is 13.8. The van der Waals surface area contributed by atoms with Gasteiger partial charge >= 0.3 is 0 Å². The lowest BCUT2D eigenvalue weighted by atomic mass is 10.1. The molecule has 1 fully saturated rings. The number of nitrogens with zero attached hydrogens (tertiary/aromatic N) is 4. The summed E-state index contributed by atoms with van der Waals surface area (Å²) >= 11 is 4.78. The van der Waals surface area contributed by atoms with E-state index in [1.807, 2.05) is 39.8 Å². The van der Waals surface area contributed by atoms with Gasteiger partial charge in [0.1, 0.15) is 0 Å². The van der Waals surface area contributed by atoms with Gasteiger partial charge in [-0.25, -0.2) is 0 Å². The molecule has 2 aromatic heterocycles. The maximum absolute atomic E-state index is 12.5. The van der Waals surface area contributed by atoms with Crippen LogP contribution in [0.4, 0.5) is 0 Å². The van der Waals surface area contributed by atoms with Crippen LogP contribution in [0.25, 0.3) is 11.6 Å². The third-order valence-corrected chi connectivity index (χ3v) is 6.11. The van der Waals surface area contributed by atoms with Gasteiger partial charge < -0.3 is 9.32 Å². The molecule has 0 atom stereocenters. The van der Waals surface area contributed by atoms with E-state index >= 15 is 0 Å². The second kappa shape index (κ2) is 8.96. The number of carbonyl (C=O) groups is 1. The van der Waals surface area contributed by atoms with E-state index in [0.29, 0.717) is 28.6 Å². The second-order valence-corrected chi connectivity index (χ2v) is 8.44. The van der Waals surface area contributed by atoms with Crippen molar-refractivity contribution in [1.29, 1.82) is 0 Å². The number of hydrogen-bond donors (Lipinski definition) is 0. The summed E-state index contributed by atoms with van der Waals surface area (Å²) in [6.45, 7) is 2.34. The van der Waals surface area contributed by atoms with Gasteiger partial charge in [-0.15, -0.1) is 10.2 Å². The summed E-state index contributed by atoms with van der Waals surface area (Å²) < 4.78 is 8.34. The van der Waals surface area contributed by atoms with Crippen LogP contribution in [0.3, 0.4) is 0 Å². The van der Waals surface area contributed by atoms with Crippen LogP contribution in [0, 0.1) is 0 Å². The Morgan fingerprint density at radius 2 is 1.86 bits per heavy atom. The highest BCUT2D eigenvalue weighted by Gasteiger charge is 2.21. The first-order valence-corrected chi connectivity index (χ1v) is 11.1. The zero-order valence-corrected chi connectivity index (χ0v) is 17.8. The Hall–Kier alpha value is -2.06. The number of likely N-dealkylation sites (tertiary alicyclic amines) is 1. The van der Waals surface area contributed by atoms with Crippen molar-refractivity contribution in [2.75, 3.05) is 18.8 Å². The molecule has 0 saturated carbocycles. The van der Waals surface area contributed by atoms with Crippen molar-refractivity contribution in [3.05, 3.63) is 52.7 Å². The van der Waals surface area contributed by atoms with E-state index in [-0.39, 0.29) is 5.91 Å². The standard InChI is InChI=1S/C20H21BrN4O2S/c21-17-10-9-16(27-17)19-22-23-20(25(19)13-15-7-3-1-4-8-15)28-14-18(26)24-11-5-2-6-12-24/h1,3-4,7-10H,2,5-6,11-14H2. The topological polar surface area (TPSA) is 64.2 Å². The second-order valence-electron chi connectivity index (χ2n) is 6.71. The van der Waals surface area contributed by atoms with E-state index in [0.717, 1.165) is 36.7 Å². The number of benzene rings is 1. The molecule has 1 aliphatic rings. The number of amides is 1. The number of halogens is 1. The van der Waals surface area contributed by atoms with Crippen molar-refractivity contribution < 1.29 is 9.21 Å². The molecule has 1 amide bonds. The van der Waals surface area contributed by atoms with Gasteiger partial charge in [0.05, 0.1) is 12.3 Å². The van der Waals surface area contributed by atoms with Gasteiger partial charge in [-0.05, 0) is 52.9 Å². The van der Waals surface area contributed by atoms with E-state index in [1.54, 1.807) is 0 Å². The summed E-state index contributed by atoms with van der Waals surface area (Å²) in [7, 11) is 0. The van der Waals surface area contributed by atoms with E-state index < -0.39 is 0 Å². The van der Waals surface area contributed by atoms with Crippen molar-refractivity contribution in [2.45, 2.75) is 31.0 Å². The van der Waals surface area contributed by atoms with Gasteiger partial charge in [0.15, 0.2) is 15.6 Å². The Morgan fingerprint density at radius 1 is 1.07 bits per heavy atom. The smallest absolute Gasteiger partial charge is 0.233 e. The molecule has 1 aromatic carbocycles. The third kappa shape index (κ3) is 4.50. The number of aromatic nitrogens is 3. The third-order valence-electron chi connectivity index (χ3n) is 4.73. The fourth-order valence-corrected chi connectivity index (χ4v) is 4.43. The summed E-state index contributed by atoms with van der Waals surface area (Å²) in [5.41, 5.74) is 1.14. The van der Waals surface area contributed by atoms with Crippen molar-refractivity contribution in [1.82, 2.24) is 19.7 Å². The minimum atomic E-state index is 0.168. The minimum Gasteiger partial charge on any atom is -0.446 e. The van der Waals surface area contributed by atoms with E-state index in [1.165, 1.54) is 18.2 Å². The molecule has 0 bridgehead atoms. The molecule has 0 unspecified atom stereocenters. The number of carbonyl (C=O) groups excluding carboxylic acids is 1. The quantitative estimate of drug-likeness (QED) is 0.508. The predicted octanol–water partition coefficient (Wildman–Crippen LogP) is 4.45. The zero-order chi connectivity index (χ0) is 19.3. The highest BCUT2D eigenvalue weighted by molar-refractivity contribution is 9.10. The van der Waals surface area contributed by atoms with E-state index in [9.17, 15) is 4.79 Å². The van der Waals surface area contributed by atoms with Gasteiger partial charge in [0, 0.05) is 13.1 Å². The number of thioether (sulfide) groups is 1. The lowest BCUT2D eigenvalue weighted by Crippen LogP contribution is -2.36. The highest BCUT2D eigenvalue weighted by atomic mass is 79.9. The molecule has 0 spiro atoms. The van der Waals surface area contributed by atoms with Gasteiger partial charge in [-0.1, -0.05) is 42.1 Å². The van der Waals surface area contributed by atoms with Crippen LogP contribution in [0.15, 0.2) is 56.7 Å². The Kier molecular flexibility index (Phi) is 6.17. The maximum Gasteiger partial charge on any atom is 0.233 e. The summed E-state index contributed by atoms with van der Waals surface area (Å²) in [5.74, 6) is 1.84. The molecule has 6 nitrogen and oxygen atoms in total. The van der Waals surface area contributed by atoms with Crippen LogP contribution in [-0.4, -0.2) is 44.4 Å². The van der Waals surface area contributed by atoms with Crippen molar-refractivity contribution in [2.24, 2.45) is 0 Å². The van der Waals surface area contributed by atoms with Crippen LogP contribution in [0.1, 0.15) is 24.8 Å². The number of piperidine rings is 1. The molecule has 1 saturated heterocycles. The zero-order valence-electron chi connectivity index (χ0n) is 15.4. The summed E-state index contributed by atoms with van der Waals surface area (Å²) in [4.78, 5) is 14.5. The van der Waals surface area contributed by atoms with Crippen LogP contribution in [-0.2, 0) is 11.3 Å².